The number of fused-ring (bicyclic) bond motifs is 3. The summed E-state index contributed by atoms with van der Waals surface area (Å²) in [7, 11) is 0. The largest absolute Gasteiger partial charge is 0.378 e. The van der Waals surface area contributed by atoms with Crippen LogP contribution in [0.1, 0.15) is 22.4 Å². The quantitative estimate of drug-likeness (QED) is 0.451. The fourth-order valence-electron chi connectivity index (χ4n) is 4.16. The smallest absolute Gasteiger partial charge is 0.225 e. The summed E-state index contributed by atoms with van der Waals surface area (Å²) >= 11 is 7.72. The molecule has 11 heteroatoms. The normalized spacial score (nSPS) is 18.8. The van der Waals surface area contributed by atoms with Crippen LogP contribution in [0.4, 0.5) is 10.3 Å². The maximum absolute atomic E-state index is 15.1. The Morgan fingerprint density at radius 3 is 2.69 bits per heavy atom. The van der Waals surface area contributed by atoms with Crippen molar-refractivity contribution in [2.75, 3.05) is 37.8 Å². The molecule has 8 nitrogen and oxygen atoms in total. The van der Waals surface area contributed by atoms with Gasteiger partial charge in [0.2, 0.25) is 5.95 Å². The highest BCUT2D eigenvalue weighted by molar-refractivity contribution is 7.10. The molecular formula is C21H18ClFN6O2S. The summed E-state index contributed by atoms with van der Waals surface area (Å²) in [6.45, 7) is 3.29. The number of hydrogen-bond donors (Lipinski definition) is 0. The van der Waals surface area contributed by atoms with Gasteiger partial charge >= 0.3 is 0 Å². The van der Waals surface area contributed by atoms with Crippen molar-refractivity contribution in [3.05, 3.63) is 57.4 Å². The van der Waals surface area contributed by atoms with Gasteiger partial charge in [0.05, 0.1) is 41.6 Å². The van der Waals surface area contributed by atoms with Gasteiger partial charge in [0.25, 0.3) is 0 Å². The summed E-state index contributed by atoms with van der Waals surface area (Å²) in [6, 6.07) is 1.44. The zero-order valence-corrected chi connectivity index (χ0v) is 18.4. The molecule has 0 spiro atoms. The molecular weight excluding hydrogens is 455 g/mol. The monoisotopic (exact) mass is 472 g/mol. The first-order valence-corrected chi connectivity index (χ1v) is 11.5. The molecule has 2 aliphatic rings. The molecule has 1 atom stereocenters. The van der Waals surface area contributed by atoms with Crippen molar-refractivity contribution < 1.29 is 13.9 Å². The van der Waals surface area contributed by atoms with E-state index in [9.17, 15) is 0 Å². The molecule has 2 aliphatic heterocycles. The lowest BCUT2D eigenvalue weighted by atomic mass is 10.1. The topological polar surface area (TPSA) is 77.7 Å². The lowest BCUT2D eigenvalue weighted by molar-refractivity contribution is 0.0677. The zero-order chi connectivity index (χ0) is 21.7. The maximum atomic E-state index is 15.1. The highest BCUT2D eigenvalue weighted by Gasteiger charge is 2.31. The van der Waals surface area contributed by atoms with Crippen LogP contribution in [-0.4, -0.2) is 57.2 Å². The van der Waals surface area contributed by atoms with E-state index in [0.717, 1.165) is 29.4 Å². The van der Waals surface area contributed by atoms with Crippen LogP contribution in [0.3, 0.4) is 0 Å². The van der Waals surface area contributed by atoms with Gasteiger partial charge in [-0.1, -0.05) is 11.6 Å². The predicted molar refractivity (Wildman–Crippen MR) is 118 cm³/mol. The van der Waals surface area contributed by atoms with Crippen LogP contribution in [-0.2, 0) is 15.9 Å². The number of pyridine rings is 1. The second kappa shape index (κ2) is 8.04. The fraction of sp³-hybridized carbons (Fsp3) is 0.333. The van der Waals surface area contributed by atoms with Crippen LogP contribution in [0.15, 0.2) is 30.2 Å². The lowest BCUT2D eigenvalue weighted by Crippen LogP contribution is -2.37. The average molecular weight is 473 g/mol. The van der Waals surface area contributed by atoms with Gasteiger partial charge < -0.3 is 14.4 Å². The van der Waals surface area contributed by atoms with Crippen LogP contribution >= 0.6 is 22.9 Å². The Morgan fingerprint density at radius 1 is 1.12 bits per heavy atom. The molecule has 0 aliphatic carbocycles. The molecule has 32 heavy (non-hydrogen) atoms. The molecule has 164 valence electrons. The third kappa shape index (κ3) is 3.34. The number of anilines is 1. The van der Waals surface area contributed by atoms with E-state index in [-0.39, 0.29) is 5.82 Å². The third-order valence-corrected chi connectivity index (χ3v) is 7.01. The molecule has 0 amide bonds. The highest BCUT2D eigenvalue weighted by atomic mass is 35.5. The number of halogens is 2. The summed E-state index contributed by atoms with van der Waals surface area (Å²) in [5, 5.41) is 0.414. The number of rotatable bonds is 3. The fourth-order valence-corrected chi connectivity index (χ4v) is 5.22. The Kier molecular flexibility index (Phi) is 5.02. The standard InChI is InChI=1S/C21H18ClFN6O2S/c22-20-19(32-11-26-20)18-17-15(1-4-31-18)27-16-7-14(23)13(10-29(16)17)12-8-24-21(25-9-12)28-2-5-30-6-3-28/h7-11,18H,1-6H2. The molecule has 6 heterocycles. The van der Waals surface area contributed by atoms with Gasteiger partial charge in [0.15, 0.2) is 0 Å². The van der Waals surface area contributed by atoms with Gasteiger partial charge in [0.1, 0.15) is 22.7 Å². The van der Waals surface area contributed by atoms with Gasteiger partial charge in [-0.05, 0) is 0 Å². The second-order valence-electron chi connectivity index (χ2n) is 7.59. The summed E-state index contributed by atoms with van der Waals surface area (Å²) in [4.78, 5) is 20.6. The van der Waals surface area contributed by atoms with Crippen molar-refractivity contribution in [2.24, 2.45) is 0 Å². The first kappa shape index (κ1) is 20.0. The molecule has 4 aromatic heterocycles. The number of morpholine rings is 1. The SMILES string of the molecule is Fc1cc2nc3c(n2cc1-c1cnc(N2CCOCC2)nc1)C(c1scnc1Cl)OCC3. The summed E-state index contributed by atoms with van der Waals surface area (Å²) in [5.74, 6) is 0.239. The number of imidazole rings is 1. The number of aromatic nitrogens is 5. The van der Waals surface area contributed by atoms with Gasteiger partial charge in [-0.2, -0.15) is 0 Å². The number of hydrogen-bond acceptors (Lipinski definition) is 8. The van der Waals surface area contributed by atoms with Gasteiger partial charge in [0, 0.05) is 55.3 Å². The lowest BCUT2D eigenvalue weighted by Gasteiger charge is -2.26. The molecule has 1 saturated heterocycles. The number of thiazole rings is 1. The minimum absolute atomic E-state index is 0.379. The molecule has 0 saturated carbocycles. The first-order chi connectivity index (χ1) is 15.7. The molecule has 1 unspecified atom stereocenters. The van der Waals surface area contributed by atoms with E-state index in [2.05, 4.69) is 24.8 Å². The van der Waals surface area contributed by atoms with E-state index in [4.69, 9.17) is 21.1 Å². The van der Waals surface area contributed by atoms with Crippen LogP contribution in [0.25, 0.3) is 16.8 Å². The molecule has 0 aromatic carbocycles. The predicted octanol–water partition coefficient (Wildman–Crippen LogP) is 3.54. The van der Waals surface area contributed by atoms with E-state index in [1.54, 1.807) is 24.1 Å². The molecule has 4 aromatic rings. The van der Waals surface area contributed by atoms with Crippen molar-refractivity contribution in [1.82, 2.24) is 24.3 Å². The van der Waals surface area contributed by atoms with Gasteiger partial charge in [-0.25, -0.2) is 24.3 Å². The first-order valence-electron chi connectivity index (χ1n) is 10.2. The van der Waals surface area contributed by atoms with Crippen LogP contribution in [0.2, 0.25) is 5.15 Å². The Balaban J connectivity index is 1.42. The Labute approximate surface area is 191 Å². The summed E-state index contributed by atoms with van der Waals surface area (Å²) < 4.78 is 28.4. The van der Waals surface area contributed by atoms with Crippen molar-refractivity contribution in [3.63, 3.8) is 0 Å². The average Bonchev–Trinajstić information content (AvgIpc) is 3.42. The summed E-state index contributed by atoms with van der Waals surface area (Å²) in [5.41, 5.74) is 4.93. The van der Waals surface area contributed by atoms with Crippen molar-refractivity contribution >= 4 is 34.5 Å². The zero-order valence-electron chi connectivity index (χ0n) is 16.9. The van der Waals surface area contributed by atoms with E-state index in [1.807, 2.05) is 4.40 Å². The van der Waals surface area contributed by atoms with Crippen molar-refractivity contribution in [3.8, 4) is 11.1 Å². The van der Waals surface area contributed by atoms with Crippen LogP contribution in [0.5, 0.6) is 0 Å². The highest BCUT2D eigenvalue weighted by Crippen LogP contribution is 2.39. The van der Waals surface area contributed by atoms with Crippen molar-refractivity contribution in [1.29, 1.82) is 0 Å². The molecule has 0 bridgehead atoms. The minimum Gasteiger partial charge on any atom is -0.378 e. The molecule has 0 radical (unpaired) electrons. The van der Waals surface area contributed by atoms with Crippen molar-refractivity contribution in [2.45, 2.75) is 12.5 Å². The summed E-state index contributed by atoms with van der Waals surface area (Å²) in [6.07, 6.45) is 5.30. The number of ether oxygens (including phenoxy) is 2. The maximum Gasteiger partial charge on any atom is 0.225 e. The Bertz CT molecular complexity index is 1290. The second-order valence-corrected chi connectivity index (χ2v) is 8.83. The van der Waals surface area contributed by atoms with Gasteiger partial charge in [-0.15, -0.1) is 11.3 Å². The minimum atomic E-state index is -0.396. The molecule has 6 rings (SSSR count). The van der Waals surface area contributed by atoms with E-state index in [0.29, 0.717) is 54.1 Å². The Hall–Kier alpha value is -2.66. The van der Waals surface area contributed by atoms with E-state index in [1.165, 1.54) is 17.4 Å². The number of nitrogens with zero attached hydrogens (tertiary/aromatic N) is 6. The van der Waals surface area contributed by atoms with E-state index < -0.39 is 6.10 Å². The van der Waals surface area contributed by atoms with Gasteiger partial charge in [-0.3, -0.25) is 4.40 Å². The third-order valence-electron chi connectivity index (χ3n) is 5.72. The van der Waals surface area contributed by atoms with E-state index >= 15 is 4.39 Å². The Morgan fingerprint density at radius 2 is 1.94 bits per heavy atom. The molecule has 0 N–H and O–H groups in total. The van der Waals surface area contributed by atoms with Crippen LogP contribution in [0, 0.1) is 5.82 Å². The molecule has 1 fully saturated rings. The van der Waals surface area contributed by atoms with Crippen LogP contribution < -0.4 is 4.90 Å².